The van der Waals surface area contributed by atoms with E-state index in [2.05, 4.69) is 18.8 Å². The number of nitrogens with zero attached hydrogens (tertiary/aromatic N) is 1. The SMILES string of the molecule is CCCCCCC#C[C@@H]1CN(C(=O)OC(C)(C)C)C[C@H]1O. The standard InChI is InChI=1S/C17H29NO3/c1-5-6-7-8-9-10-11-14-12-18(13-15(14)19)16(20)21-17(2,3)4/h14-15,19H,5-9,12-13H2,1-4H3/t14-,15-/m1/s1. The van der Waals surface area contributed by atoms with Gasteiger partial charge in [-0.15, -0.1) is 5.92 Å². The number of aliphatic hydroxyl groups is 1. The second-order valence-corrected chi connectivity index (χ2v) is 6.69. The Balaban J connectivity index is 2.39. The third-order valence-corrected chi connectivity index (χ3v) is 3.38. The van der Waals surface area contributed by atoms with Crippen LogP contribution >= 0.6 is 0 Å². The Morgan fingerprint density at radius 3 is 2.62 bits per heavy atom. The molecule has 120 valence electrons. The Hall–Kier alpha value is -1.21. The Bertz CT molecular complexity index is 389. The molecule has 0 radical (unpaired) electrons. The molecule has 1 aliphatic heterocycles. The summed E-state index contributed by atoms with van der Waals surface area (Å²) in [5.74, 6) is 6.09. The highest BCUT2D eigenvalue weighted by atomic mass is 16.6. The normalized spacial score (nSPS) is 21.9. The predicted octanol–water partition coefficient (Wildman–Crippen LogP) is 3.19. The van der Waals surface area contributed by atoms with Gasteiger partial charge in [0.15, 0.2) is 0 Å². The van der Waals surface area contributed by atoms with Crippen LogP contribution in [0.4, 0.5) is 4.79 Å². The fourth-order valence-corrected chi connectivity index (χ4v) is 2.25. The van der Waals surface area contributed by atoms with Gasteiger partial charge >= 0.3 is 6.09 Å². The number of hydrogen-bond acceptors (Lipinski definition) is 3. The molecule has 1 amide bonds. The van der Waals surface area contributed by atoms with Crippen LogP contribution in [-0.4, -0.2) is 40.9 Å². The molecule has 0 saturated carbocycles. The molecular weight excluding hydrogens is 266 g/mol. The molecule has 0 unspecified atom stereocenters. The quantitative estimate of drug-likeness (QED) is 0.640. The van der Waals surface area contributed by atoms with Gasteiger partial charge < -0.3 is 14.7 Å². The molecule has 21 heavy (non-hydrogen) atoms. The lowest BCUT2D eigenvalue weighted by atomic mass is 10.1. The summed E-state index contributed by atoms with van der Waals surface area (Å²) < 4.78 is 5.32. The molecule has 1 fully saturated rings. The molecule has 0 aliphatic carbocycles. The van der Waals surface area contributed by atoms with Gasteiger partial charge in [0, 0.05) is 13.0 Å². The molecule has 1 saturated heterocycles. The van der Waals surface area contributed by atoms with E-state index in [1.54, 1.807) is 4.90 Å². The van der Waals surface area contributed by atoms with Crippen molar-refractivity contribution in [3.63, 3.8) is 0 Å². The highest BCUT2D eigenvalue weighted by Crippen LogP contribution is 2.19. The predicted molar refractivity (Wildman–Crippen MR) is 83.8 cm³/mol. The maximum atomic E-state index is 11.9. The van der Waals surface area contributed by atoms with E-state index in [4.69, 9.17) is 4.74 Å². The van der Waals surface area contributed by atoms with Crippen molar-refractivity contribution in [2.45, 2.75) is 71.5 Å². The van der Waals surface area contributed by atoms with E-state index >= 15 is 0 Å². The van der Waals surface area contributed by atoms with Crippen molar-refractivity contribution in [1.82, 2.24) is 4.90 Å². The Labute approximate surface area is 128 Å². The van der Waals surface area contributed by atoms with Crippen molar-refractivity contribution in [3.05, 3.63) is 0 Å². The highest BCUT2D eigenvalue weighted by Gasteiger charge is 2.35. The van der Waals surface area contributed by atoms with Crippen LogP contribution in [0.5, 0.6) is 0 Å². The molecular formula is C17H29NO3. The number of hydrogen-bond donors (Lipinski definition) is 1. The van der Waals surface area contributed by atoms with Crippen LogP contribution in [0.3, 0.4) is 0 Å². The third kappa shape index (κ3) is 6.86. The average Bonchev–Trinajstić information content (AvgIpc) is 2.73. The van der Waals surface area contributed by atoms with Gasteiger partial charge in [-0.3, -0.25) is 0 Å². The molecule has 1 aliphatic rings. The summed E-state index contributed by atoms with van der Waals surface area (Å²) in [6.07, 6.45) is 4.73. The maximum absolute atomic E-state index is 11.9. The Morgan fingerprint density at radius 2 is 2.00 bits per heavy atom. The number of carbonyl (C=O) groups is 1. The minimum Gasteiger partial charge on any atom is -0.444 e. The number of amides is 1. The van der Waals surface area contributed by atoms with Gasteiger partial charge in [-0.1, -0.05) is 32.1 Å². The van der Waals surface area contributed by atoms with E-state index < -0.39 is 11.7 Å². The van der Waals surface area contributed by atoms with Crippen molar-refractivity contribution in [3.8, 4) is 11.8 Å². The molecule has 1 heterocycles. The van der Waals surface area contributed by atoms with Gasteiger partial charge in [-0.05, 0) is 27.2 Å². The molecule has 0 aromatic rings. The minimum absolute atomic E-state index is 0.149. The first kappa shape index (κ1) is 17.8. The van der Waals surface area contributed by atoms with E-state index in [-0.39, 0.29) is 12.0 Å². The lowest BCUT2D eigenvalue weighted by Gasteiger charge is -2.24. The van der Waals surface area contributed by atoms with Crippen LogP contribution in [0.2, 0.25) is 0 Å². The summed E-state index contributed by atoms with van der Waals surface area (Å²) in [4.78, 5) is 13.5. The first-order valence-corrected chi connectivity index (χ1v) is 7.98. The zero-order valence-electron chi connectivity index (χ0n) is 13.8. The molecule has 0 aromatic heterocycles. The number of ether oxygens (including phenoxy) is 1. The number of likely N-dealkylation sites (tertiary alicyclic amines) is 1. The smallest absolute Gasteiger partial charge is 0.410 e. The first-order chi connectivity index (χ1) is 9.83. The number of carbonyl (C=O) groups excluding carboxylic acids is 1. The lowest BCUT2D eigenvalue weighted by molar-refractivity contribution is 0.0270. The second kappa shape index (κ2) is 8.29. The lowest BCUT2D eigenvalue weighted by Crippen LogP contribution is -2.35. The molecule has 2 atom stereocenters. The summed E-state index contributed by atoms with van der Waals surface area (Å²) in [5.41, 5.74) is -0.509. The molecule has 1 rings (SSSR count). The first-order valence-electron chi connectivity index (χ1n) is 7.98. The summed E-state index contributed by atoms with van der Waals surface area (Å²) >= 11 is 0. The van der Waals surface area contributed by atoms with Crippen LogP contribution in [0.1, 0.15) is 59.8 Å². The largest absolute Gasteiger partial charge is 0.444 e. The fourth-order valence-electron chi connectivity index (χ4n) is 2.25. The molecule has 1 N–H and O–H groups in total. The summed E-state index contributed by atoms with van der Waals surface area (Å²) in [6, 6.07) is 0. The monoisotopic (exact) mass is 295 g/mol. The third-order valence-electron chi connectivity index (χ3n) is 3.38. The van der Waals surface area contributed by atoms with Gasteiger partial charge in [-0.25, -0.2) is 4.79 Å². The van der Waals surface area contributed by atoms with Crippen molar-refractivity contribution in [2.24, 2.45) is 5.92 Å². The van der Waals surface area contributed by atoms with Crippen LogP contribution in [0.25, 0.3) is 0 Å². The van der Waals surface area contributed by atoms with E-state index in [1.165, 1.54) is 19.3 Å². The summed E-state index contributed by atoms with van der Waals surface area (Å²) in [6.45, 7) is 8.47. The highest BCUT2D eigenvalue weighted by molar-refractivity contribution is 5.68. The van der Waals surface area contributed by atoms with Crippen LogP contribution in [-0.2, 0) is 4.74 Å². The maximum Gasteiger partial charge on any atom is 0.410 e. The van der Waals surface area contributed by atoms with E-state index in [0.29, 0.717) is 13.1 Å². The topological polar surface area (TPSA) is 49.8 Å². The Kier molecular flexibility index (Phi) is 7.04. The zero-order chi connectivity index (χ0) is 15.9. The van der Waals surface area contributed by atoms with Gasteiger partial charge in [0.2, 0.25) is 0 Å². The van der Waals surface area contributed by atoms with Crippen LogP contribution in [0, 0.1) is 17.8 Å². The van der Waals surface area contributed by atoms with Gasteiger partial charge in [0.25, 0.3) is 0 Å². The van der Waals surface area contributed by atoms with Crippen molar-refractivity contribution in [2.75, 3.05) is 13.1 Å². The molecule has 0 spiro atoms. The van der Waals surface area contributed by atoms with Crippen molar-refractivity contribution >= 4 is 6.09 Å². The van der Waals surface area contributed by atoms with Crippen molar-refractivity contribution < 1.29 is 14.6 Å². The van der Waals surface area contributed by atoms with E-state index in [0.717, 1.165) is 12.8 Å². The van der Waals surface area contributed by atoms with Crippen LogP contribution < -0.4 is 0 Å². The molecule has 0 bridgehead atoms. The minimum atomic E-state index is -0.569. The fraction of sp³-hybridized carbons (Fsp3) is 0.824. The van der Waals surface area contributed by atoms with E-state index in [9.17, 15) is 9.90 Å². The van der Waals surface area contributed by atoms with Crippen LogP contribution in [0.15, 0.2) is 0 Å². The van der Waals surface area contributed by atoms with E-state index in [1.807, 2.05) is 20.8 Å². The molecule has 0 aromatic carbocycles. The van der Waals surface area contributed by atoms with Crippen molar-refractivity contribution in [1.29, 1.82) is 0 Å². The number of rotatable bonds is 4. The zero-order valence-corrected chi connectivity index (χ0v) is 13.8. The molecule has 4 nitrogen and oxygen atoms in total. The van der Waals surface area contributed by atoms with Gasteiger partial charge in [-0.2, -0.15) is 0 Å². The van der Waals surface area contributed by atoms with Gasteiger partial charge in [0.1, 0.15) is 5.60 Å². The number of β-amino-alcohol motifs (C(OH)–C–C–N with tert-alkyl or cyclic N) is 1. The average molecular weight is 295 g/mol. The summed E-state index contributed by atoms with van der Waals surface area (Å²) in [5, 5.41) is 10.00. The Morgan fingerprint density at radius 1 is 1.29 bits per heavy atom. The number of aliphatic hydroxyl groups excluding tert-OH is 1. The summed E-state index contributed by atoms with van der Waals surface area (Å²) in [7, 11) is 0. The van der Waals surface area contributed by atoms with Gasteiger partial charge in [0.05, 0.1) is 18.6 Å². The second-order valence-electron chi connectivity index (χ2n) is 6.69. The molecule has 4 heteroatoms. The number of unbranched alkanes of at least 4 members (excludes halogenated alkanes) is 4.